The number of nitrogens with zero attached hydrogens (tertiary/aromatic N) is 6. The second-order valence-electron chi connectivity index (χ2n) is 6.45. The molecule has 0 aliphatic rings. The molecule has 2 aromatic heterocycles. The minimum Gasteiger partial charge on any atom is -0.377 e. The van der Waals surface area contributed by atoms with E-state index in [9.17, 15) is 18.3 Å². The SMILES string of the molecule is OC(Cn1cnnn1)(c1ccc(F)cc1F)C(F)(F)c1cnc2cc(F)ccc2n1. The zero-order valence-corrected chi connectivity index (χ0v) is 14.8. The van der Waals surface area contributed by atoms with Crippen LogP contribution in [0, 0.1) is 17.5 Å². The summed E-state index contributed by atoms with van der Waals surface area (Å²) in [7, 11) is 0. The van der Waals surface area contributed by atoms with Gasteiger partial charge in [-0.3, -0.25) is 4.98 Å². The molecular weight excluding hydrogens is 411 g/mol. The Balaban J connectivity index is 1.89. The third-order valence-corrected chi connectivity index (χ3v) is 4.50. The van der Waals surface area contributed by atoms with Crippen molar-refractivity contribution in [3.63, 3.8) is 0 Å². The van der Waals surface area contributed by atoms with Gasteiger partial charge < -0.3 is 5.11 Å². The molecule has 0 spiro atoms. The van der Waals surface area contributed by atoms with Crippen molar-refractivity contribution >= 4 is 11.0 Å². The van der Waals surface area contributed by atoms with Gasteiger partial charge >= 0.3 is 5.92 Å². The average molecular weight is 422 g/mol. The van der Waals surface area contributed by atoms with Crippen LogP contribution in [-0.4, -0.2) is 35.3 Å². The molecule has 1 unspecified atom stereocenters. The van der Waals surface area contributed by atoms with Gasteiger partial charge in [0.15, 0.2) is 5.60 Å². The van der Waals surface area contributed by atoms with E-state index in [0.717, 1.165) is 35.3 Å². The van der Waals surface area contributed by atoms with Crippen molar-refractivity contribution in [2.75, 3.05) is 0 Å². The Hall–Kier alpha value is -3.54. The quantitative estimate of drug-likeness (QED) is 0.498. The highest BCUT2D eigenvalue weighted by molar-refractivity contribution is 5.74. The molecule has 4 aromatic rings. The fourth-order valence-corrected chi connectivity index (χ4v) is 3.01. The number of aromatic nitrogens is 6. The lowest BCUT2D eigenvalue weighted by molar-refractivity contribution is -0.207. The number of alkyl halides is 2. The van der Waals surface area contributed by atoms with E-state index in [1.54, 1.807) is 0 Å². The molecule has 2 aromatic carbocycles. The minimum absolute atomic E-state index is 0.00605. The molecule has 0 amide bonds. The Morgan fingerprint density at radius 2 is 1.70 bits per heavy atom. The monoisotopic (exact) mass is 422 g/mol. The molecule has 0 fully saturated rings. The molecular formula is C18H11F5N6O. The number of fused-ring (bicyclic) bond motifs is 1. The van der Waals surface area contributed by atoms with Crippen molar-refractivity contribution in [2.24, 2.45) is 0 Å². The van der Waals surface area contributed by atoms with Crippen molar-refractivity contribution in [1.29, 1.82) is 0 Å². The predicted octanol–water partition coefficient (Wildman–Crippen LogP) is 2.71. The summed E-state index contributed by atoms with van der Waals surface area (Å²) in [5.41, 5.74) is -5.25. The highest BCUT2D eigenvalue weighted by Gasteiger charge is 2.58. The first-order valence-electron chi connectivity index (χ1n) is 8.40. The van der Waals surface area contributed by atoms with Crippen LogP contribution in [0.15, 0.2) is 48.9 Å². The molecule has 0 bridgehead atoms. The lowest BCUT2D eigenvalue weighted by Crippen LogP contribution is -2.48. The van der Waals surface area contributed by atoms with Gasteiger partial charge in [0.25, 0.3) is 0 Å². The third kappa shape index (κ3) is 3.24. The van der Waals surface area contributed by atoms with Gasteiger partial charge in [0.2, 0.25) is 0 Å². The number of hydrogen-bond donors (Lipinski definition) is 1. The van der Waals surface area contributed by atoms with Crippen LogP contribution in [0.3, 0.4) is 0 Å². The highest BCUT2D eigenvalue weighted by Crippen LogP contribution is 2.46. The van der Waals surface area contributed by atoms with Crippen molar-refractivity contribution in [2.45, 2.75) is 18.1 Å². The molecule has 1 N–H and O–H groups in total. The molecule has 12 heteroatoms. The van der Waals surface area contributed by atoms with Crippen LogP contribution in [0.25, 0.3) is 11.0 Å². The Morgan fingerprint density at radius 3 is 2.40 bits per heavy atom. The Morgan fingerprint density at radius 1 is 0.967 bits per heavy atom. The lowest BCUT2D eigenvalue weighted by Gasteiger charge is -2.35. The predicted molar refractivity (Wildman–Crippen MR) is 91.5 cm³/mol. The molecule has 2 heterocycles. The number of halogens is 5. The minimum atomic E-state index is -4.24. The first kappa shape index (κ1) is 19.8. The van der Waals surface area contributed by atoms with Gasteiger partial charge in [-0.05, 0) is 34.7 Å². The zero-order chi connectivity index (χ0) is 21.5. The summed E-state index contributed by atoms with van der Waals surface area (Å²) < 4.78 is 73.1. The molecule has 7 nitrogen and oxygen atoms in total. The molecule has 0 aliphatic carbocycles. The Bertz CT molecular complexity index is 1220. The molecule has 0 saturated carbocycles. The zero-order valence-electron chi connectivity index (χ0n) is 14.8. The summed E-state index contributed by atoms with van der Waals surface area (Å²) in [6, 6.07) is 4.94. The first-order valence-corrected chi connectivity index (χ1v) is 8.40. The van der Waals surface area contributed by atoms with E-state index >= 15 is 8.78 Å². The van der Waals surface area contributed by atoms with Crippen LogP contribution in [0.4, 0.5) is 22.0 Å². The van der Waals surface area contributed by atoms with Crippen molar-refractivity contribution < 1.29 is 27.1 Å². The maximum Gasteiger partial charge on any atom is 0.325 e. The third-order valence-electron chi connectivity index (χ3n) is 4.50. The smallest absolute Gasteiger partial charge is 0.325 e. The summed E-state index contributed by atoms with van der Waals surface area (Å²) in [6.07, 6.45) is 1.59. The van der Waals surface area contributed by atoms with Crippen LogP contribution < -0.4 is 0 Å². The van der Waals surface area contributed by atoms with Gasteiger partial charge in [-0.2, -0.15) is 8.78 Å². The number of tetrazole rings is 1. The fourth-order valence-electron chi connectivity index (χ4n) is 3.01. The summed E-state index contributed by atoms with van der Waals surface area (Å²) in [5.74, 6) is -7.30. The highest BCUT2D eigenvalue weighted by atomic mass is 19.3. The van der Waals surface area contributed by atoms with E-state index in [-0.39, 0.29) is 11.0 Å². The van der Waals surface area contributed by atoms with Gasteiger partial charge in [-0.25, -0.2) is 22.8 Å². The summed E-state index contributed by atoms with van der Waals surface area (Å²) in [4.78, 5) is 7.51. The van der Waals surface area contributed by atoms with Crippen LogP contribution in [0.5, 0.6) is 0 Å². The van der Waals surface area contributed by atoms with Gasteiger partial charge in [0.05, 0.1) is 23.8 Å². The van der Waals surface area contributed by atoms with E-state index in [1.807, 2.05) is 0 Å². The van der Waals surface area contributed by atoms with Crippen LogP contribution >= 0.6 is 0 Å². The topological polar surface area (TPSA) is 89.6 Å². The van der Waals surface area contributed by atoms with Crippen molar-refractivity contribution in [3.8, 4) is 0 Å². The van der Waals surface area contributed by atoms with Gasteiger partial charge in [-0.15, -0.1) is 5.10 Å². The maximum atomic E-state index is 15.6. The average Bonchev–Trinajstić information content (AvgIpc) is 3.20. The molecule has 0 aliphatic heterocycles. The van der Waals surface area contributed by atoms with Gasteiger partial charge in [-0.1, -0.05) is 0 Å². The molecule has 1 atom stereocenters. The van der Waals surface area contributed by atoms with E-state index in [0.29, 0.717) is 18.3 Å². The van der Waals surface area contributed by atoms with Crippen molar-refractivity contribution in [3.05, 3.63) is 77.6 Å². The van der Waals surface area contributed by atoms with E-state index in [4.69, 9.17) is 0 Å². The van der Waals surface area contributed by atoms with Crippen molar-refractivity contribution in [1.82, 2.24) is 30.2 Å². The largest absolute Gasteiger partial charge is 0.377 e. The number of aliphatic hydroxyl groups is 1. The molecule has 30 heavy (non-hydrogen) atoms. The molecule has 0 saturated heterocycles. The Kier molecular flexibility index (Phi) is 4.65. The van der Waals surface area contributed by atoms with Crippen LogP contribution in [-0.2, 0) is 18.1 Å². The standard InChI is InChI=1S/C18H11F5N6O/c19-10-1-3-12(13(21)5-10)17(30,8-29-9-25-27-28-29)18(22,23)16-7-24-15-6-11(20)2-4-14(15)26-16/h1-7,9,30H,8H2. The molecule has 4 rings (SSSR count). The first-order chi connectivity index (χ1) is 14.2. The van der Waals surface area contributed by atoms with Crippen LogP contribution in [0.2, 0.25) is 0 Å². The number of rotatable bonds is 5. The molecule has 154 valence electrons. The van der Waals surface area contributed by atoms with E-state index in [2.05, 4.69) is 25.5 Å². The lowest BCUT2D eigenvalue weighted by atomic mass is 9.85. The van der Waals surface area contributed by atoms with Gasteiger partial charge in [0.1, 0.15) is 29.5 Å². The maximum absolute atomic E-state index is 15.6. The second kappa shape index (κ2) is 7.06. The fraction of sp³-hybridized carbons (Fsp3) is 0.167. The molecule has 0 radical (unpaired) electrons. The summed E-state index contributed by atoms with van der Waals surface area (Å²) in [5, 5.41) is 21.1. The van der Waals surface area contributed by atoms with Crippen LogP contribution in [0.1, 0.15) is 11.3 Å². The number of hydrogen-bond acceptors (Lipinski definition) is 6. The normalized spacial score (nSPS) is 14.1. The van der Waals surface area contributed by atoms with Gasteiger partial charge in [0, 0.05) is 17.7 Å². The second-order valence-corrected chi connectivity index (χ2v) is 6.45. The summed E-state index contributed by atoms with van der Waals surface area (Å²) in [6.45, 7) is -0.987. The summed E-state index contributed by atoms with van der Waals surface area (Å²) >= 11 is 0. The number of benzene rings is 2. The van der Waals surface area contributed by atoms with E-state index < -0.39 is 46.8 Å². The van der Waals surface area contributed by atoms with E-state index in [1.165, 1.54) is 0 Å². The Labute approximate surface area is 164 Å².